The van der Waals surface area contributed by atoms with Gasteiger partial charge in [-0.3, -0.25) is 9.69 Å². The number of likely N-dealkylation sites (tertiary alicyclic amines) is 2. The average Bonchev–Trinajstić information content (AvgIpc) is 3.30. The largest absolute Gasteiger partial charge is 0.392 e. The molecule has 2 saturated heterocycles. The molecule has 2 fully saturated rings. The molecule has 5 heteroatoms. The Morgan fingerprint density at radius 1 is 1.27 bits per heavy atom. The quantitative estimate of drug-likeness (QED) is 0.827. The molecule has 4 rings (SSSR count). The Balaban J connectivity index is 1.44. The maximum absolute atomic E-state index is 12.9. The number of amides is 1. The van der Waals surface area contributed by atoms with Crippen molar-refractivity contribution in [1.82, 2.24) is 9.80 Å². The molecule has 3 aliphatic rings. The van der Waals surface area contributed by atoms with E-state index >= 15 is 0 Å². The first-order valence-electron chi connectivity index (χ1n) is 9.95. The Kier molecular flexibility index (Phi) is 5.22. The molecule has 0 radical (unpaired) electrons. The summed E-state index contributed by atoms with van der Waals surface area (Å²) in [5, 5.41) is 10.9. The minimum absolute atomic E-state index is 0.135. The molecule has 1 spiro atoms. The topological polar surface area (TPSA) is 43.8 Å². The molecular weight excluding hydrogens is 344 g/mol. The van der Waals surface area contributed by atoms with Crippen molar-refractivity contribution in [3.05, 3.63) is 34.0 Å². The molecule has 0 saturated carbocycles. The Bertz CT molecular complexity index is 677. The lowest BCUT2D eigenvalue weighted by Crippen LogP contribution is -2.60. The van der Waals surface area contributed by atoms with Crippen LogP contribution >= 0.6 is 11.3 Å². The average molecular weight is 375 g/mol. The van der Waals surface area contributed by atoms with Crippen LogP contribution in [0.3, 0.4) is 0 Å². The molecule has 26 heavy (non-hydrogen) atoms. The van der Waals surface area contributed by atoms with Crippen LogP contribution in [0.2, 0.25) is 0 Å². The molecule has 1 aromatic heterocycles. The predicted molar refractivity (Wildman–Crippen MR) is 105 cm³/mol. The maximum atomic E-state index is 12.9. The summed E-state index contributed by atoms with van der Waals surface area (Å²) < 4.78 is 0. The SMILES string of the molecule is Cc1ccc(CN2CC[C@@H](O)[C@]3(CCCN(C(=O)C4CC=CC4)C3)C2)s1. The summed E-state index contributed by atoms with van der Waals surface area (Å²) in [4.78, 5) is 20.2. The number of aliphatic hydroxyl groups excluding tert-OH is 1. The fourth-order valence-electron chi connectivity index (χ4n) is 4.99. The van der Waals surface area contributed by atoms with Crippen LogP contribution in [0, 0.1) is 18.3 Å². The minimum Gasteiger partial charge on any atom is -0.392 e. The molecule has 1 N–H and O–H groups in total. The second kappa shape index (κ2) is 7.45. The summed E-state index contributed by atoms with van der Waals surface area (Å²) in [7, 11) is 0. The van der Waals surface area contributed by atoms with Crippen molar-refractivity contribution < 1.29 is 9.90 Å². The molecular formula is C21H30N2O2S. The number of carbonyl (C=O) groups is 1. The van der Waals surface area contributed by atoms with Crippen LogP contribution in [0.15, 0.2) is 24.3 Å². The molecule has 1 aliphatic carbocycles. The summed E-state index contributed by atoms with van der Waals surface area (Å²) in [6.07, 6.45) is 8.59. The zero-order chi connectivity index (χ0) is 18.1. The number of hydrogen-bond acceptors (Lipinski definition) is 4. The lowest BCUT2D eigenvalue weighted by molar-refractivity contribution is -0.145. The van der Waals surface area contributed by atoms with Crippen molar-refractivity contribution in [2.45, 2.75) is 51.7 Å². The van der Waals surface area contributed by atoms with Gasteiger partial charge in [0.2, 0.25) is 5.91 Å². The smallest absolute Gasteiger partial charge is 0.226 e. The van der Waals surface area contributed by atoms with Gasteiger partial charge in [0.1, 0.15) is 0 Å². The van der Waals surface area contributed by atoms with Gasteiger partial charge in [-0.05, 0) is 51.2 Å². The van der Waals surface area contributed by atoms with Gasteiger partial charge in [0, 0.05) is 53.8 Å². The first-order valence-corrected chi connectivity index (χ1v) is 10.8. The lowest BCUT2D eigenvalue weighted by atomic mass is 9.71. The Morgan fingerprint density at radius 3 is 2.81 bits per heavy atom. The summed E-state index contributed by atoms with van der Waals surface area (Å²) in [6.45, 7) is 6.54. The first-order chi connectivity index (χ1) is 12.6. The summed E-state index contributed by atoms with van der Waals surface area (Å²) in [5.74, 6) is 0.434. The second-order valence-corrected chi connectivity index (χ2v) is 9.77. The number of thiophene rings is 1. The number of aryl methyl sites for hydroxylation is 1. The number of rotatable bonds is 3. The van der Waals surface area contributed by atoms with Crippen molar-refractivity contribution in [2.24, 2.45) is 11.3 Å². The second-order valence-electron chi connectivity index (χ2n) is 8.39. The maximum Gasteiger partial charge on any atom is 0.226 e. The number of aliphatic hydroxyl groups is 1. The molecule has 2 atom stereocenters. The van der Waals surface area contributed by atoms with Crippen LogP contribution in [0.1, 0.15) is 41.9 Å². The molecule has 4 nitrogen and oxygen atoms in total. The van der Waals surface area contributed by atoms with E-state index in [-0.39, 0.29) is 17.4 Å². The first kappa shape index (κ1) is 18.2. The highest BCUT2D eigenvalue weighted by atomic mass is 32.1. The number of piperidine rings is 2. The standard InChI is InChI=1S/C21H30N2O2S/c1-16-7-8-18(26-16)13-22-12-9-19(24)21(14-22)10-4-11-23(15-21)20(25)17-5-2-3-6-17/h2-3,7-8,17,19,24H,4-6,9-15H2,1H3/t19-,21-/m1/s1. The fraction of sp³-hybridized carbons (Fsp3) is 0.667. The molecule has 142 valence electrons. The van der Waals surface area contributed by atoms with Gasteiger partial charge < -0.3 is 10.0 Å². The fourth-order valence-corrected chi connectivity index (χ4v) is 5.93. The highest BCUT2D eigenvalue weighted by Crippen LogP contribution is 2.40. The molecule has 0 aromatic carbocycles. The summed E-state index contributed by atoms with van der Waals surface area (Å²) >= 11 is 1.86. The summed E-state index contributed by atoms with van der Waals surface area (Å²) in [6, 6.07) is 4.41. The van der Waals surface area contributed by atoms with Crippen LogP contribution in [0.25, 0.3) is 0 Å². The zero-order valence-electron chi connectivity index (χ0n) is 15.7. The lowest BCUT2D eigenvalue weighted by Gasteiger charge is -2.51. The Morgan fingerprint density at radius 2 is 2.08 bits per heavy atom. The van der Waals surface area contributed by atoms with Crippen LogP contribution in [-0.4, -0.2) is 53.1 Å². The summed E-state index contributed by atoms with van der Waals surface area (Å²) in [5.41, 5.74) is -0.148. The molecule has 2 aliphatic heterocycles. The van der Waals surface area contributed by atoms with E-state index in [0.717, 1.165) is 64.8 Å². The van der Waals surface area contributed by atoms with E-state index < -0.39 is 0 Å². The van der Waals surface area contributed by atoms with E-state index in [4.69, 9.17) is 0 Å². The van der Waals surface area contributed by atoms with E-state index in [1.165, 1.54) is 9.75 Å². The van der Waals surface area contributed by atoms with Crippen LogP contribution in [-0.2, 0) is 11.3 Å². The van der Waals surface area contributed by atoms with Gasteiger partial charge in [0.15, 0.2) is 0 Å². The van der Waals surface area contributed by atoms with Crippen LogP contribution < -0.4 is 0 Å². The van der Waals surface area contributed by atoms with Crippen molar-refractivity contribution in [3.8, 4) is 0 Å². The number of carbonyl (C=O) groups excluding carboxylic acids is 1. The van der Waals surface area contributed by atoms with E-state index in [0.29, 0.717) is 5.91 Å². The molecule has 1 amide bonds. The normalized spacial score (nSPS) is 30.4. The number of hydrogen-bond donors (Lipinski definition) is 1. The third-order valence-corrected chi connectivity index (χ3v) is 7.40. The van der Waals surface area contributed by atoms with Crippen molar-refractivity contribution in [2.75, 3.05) is 26.2 Å². The molecule has 0 unspecified atom stereocenters. The van der Waals surface area contributed by atoms with Gasteiger partial charge in [-0.2, -0.15) is 0 Å². The van der Waals surface area contributed by atoms with Crippen molar-refractivity contribution >= 4 is 17.2 Å². The Hall–Kier alpha value is -1.17. The minimum atomic E-state index is -0.291. The molecule has 3 heterocycles. The monoisotopic (exact) mass is 374 g/mol. The van der Waals surface area contributed by atoms with Crippen LogP contribution in [0.4, 0.5) is 0 Å². The van der Waals surface area contributed by atoms with E-state index in [2.05, 4.69) is 41.0 Å². The Labute approximate surface area is 160 Å². The predicted octanol–water partition coefficient (Wildman–Crippen LogP) is 3.20. The van der Waals surface area contributed by atoms with Gasteiger partial charge in [-0.15, -0.1) is 11.3 Å². The van der Waals surface area contributed by atoms with Crippen molar-refractivity contribution in [1.29, 1.82) is 0 Å². The van der Waals surface area contributed by atoms with Gasteiger partial charge >= 0.3 is 0 Å². The number of nitrogens with zero attached hydrogens (tertiary/aromatic N) is 2. The highest BCUT2D eigenvalue weighted by molar-refractivity contribution is 7.11. The zero-order valence-corrected chi connectivity index (χ0v) is 16.5. The van der Waals surface area contributed by atoms with E-state index in [9.17, 15) is 9.90 Å². The van der Waals surface area contributed by atoms with E-state index in [1.54, 1.807) is 0 Å². The number of allylic oxidation sites excluding steroid dienone is 2. The van der Waals surface area contributed by atoms with E-state index in [1.807, 2.05) is 11.3 Å². The van der Waals surface area contributed by atoms with Crippen molar-refractivity contribution in [3.63, 3.8) is 0 Å². The third kappa shape index (κ3) is 3.62. The van der Waals surface area contributed by atoms with Gasteiger partial charge in [0.05, 0.1) is 6.10 Å². The molecule has 1 aromatic rings. The van der Waals surface area contributed by atoms with Crippen LogP contribution in [0.5, 0.6) is 0 Å². The third-order valence-electron chi connectivity index (χ3n) is 6.42. The van der Waals surface area contributed by atoms with Gasteiger partial charge in [-0.1, -0.05) is 12.2 Å². The highest BCUT2D eigenvalue weighted by Gasteiger charge is 2.46. The van der Waals surface area contributed by atoms with Gasteiger partial charge in [-0.25, -0.2) is 0 Å². The van der Waals surface area contributed by atoms with Gasteiger partial charge in [0.25, 0.3) is 0 Å². The molecule has 0 bridgehead atoms.